The van der Waals surface area contributed by atoms with Crippen LogP contribution in [0.3, 0.4) is 0 Å². The summed E-state index contributed by atoms with van der Waals surface area (Å²) < 4.78 is 18.5. The van der Waals surface area contributed by atoms with E-state index in [1.807, 2.05) is 20.8 Å². The number of amides is 1. The molecule has 0 unspecified atom stereocenters. The van der Waals surface area contributed by atoms with Crippen LogP contribution in [0.15, 0.2) is 4.90 Å². The number of carbonyl (C=O) groups is 1. The fourth-order valence-corrected chi connectivity index (χ4v) is 7.76. The van der Waals surface area contributed by atoms with Crippen LogP contribution in [0.1, 0.15) is 108 Å². The largest absolute Gasteiger partial charge is 0.444 e. The number of ether oxygens (including phenoxy) is 1. The number of hydrogen-bond donors (Lipinski definition) is 2. The maximum Gasteiger partial charge on any atom is 0.410 e. The van der Waals surface area contributed by atoms with Gasteiger partial charge in [-0.15, -0.1) is 0 Å². The second-order valence-corrected chi connectivity index (χ2v) is 16.1. The Balaban J connectivity index is 1.21. The Labute approximate surface area is 256 Å². The highest BCUT2D eigenvalue weighted by molar-refractivity contribution is 7.85. The maximum absolute atomic E-state index is 12.9. The molecule has 12 heteroatoms. The second kappa shape index (κ2) is 10.9. The third kappa shape index (κ3) is 5.96. The molecule has 234 valence electrons. The van der Waals surface area contributed by atoms with Gasteiger partial charge in [0.1, 0.15) is 22.1 Å². The van der Waals surface area contributed by atoms with E-state index in [0.717, 1.165) is 73.7 Å². The smallest absolute Gasteiger partial charge is 0.410 e. The Bertz CT molecular complexity index is 1430. The molecule has 43 heavy (non-hydrogen) atoms. The molecule has 2 aromatic heterocycles. The number of hydrogen-bond acceptors (Lipinski definition) is 10. The topological polar surface area (TPSA) is 134 Å². The lowest BCUT2D eigenvalue weighted by atomic mass is 9.77. The summed E-state index contributed by atoms with van der Waals surface area (Å²) in [5.41, 5.74) is 2.68. The Morgan fingerprint density at radius 3 is 2.37 bits per heavy atom. The molecule has 11 nitrogen and oxygen atoms in total. The standard InChI is InChI=1S/C31H45N7O4S/c1-29(2,3)24-20-16-38(28(40)42-30(4,5)6)17-22(20)32-25(34-24)19-8-13-37(14-9-19)27-33-21-10-15-43(41)23(21)26(35-27)36-31(18-39)11-7-12-31/h19,39H,7-18H2,1-6H3,(H,33,35,36)/t43-/m1/s1. The molecular formula is C31H45N7O4S. The van der Waals surface area contributed by atoms with Gasteiger partial charge in [-0.2, -0.15) is 4.98 Å². The summed E-state index contributed by atoms with van der Waals surface area (Å²) in [5, 5.41) is 13.5. The van der Waals surface area contributed by atoms with Crippen LogP contribution in [-0.4, -0.2) is 76.8 Å². The monoisotopic (exact) mass is 611 g/mol. The van der Waals surface area contributed by atoms with Crippen molar-refractivity contribution in [3.05, 3.63) is 28.5 Å². The van der Waals surface area contributed by atoms with Crippen LogP contribution in [0, 0.1) is 0 Å². The molecule has 4 aliphatic rings. The first kappa shape index (κ1) is 30.2. The van der Waals surface area contributed by atoms with Gasteiger partial charge in [-0.3, -0.25) is 9.11 Å². The lowest BCUT2D eigenvalue weighted by Gasteiger charge is -2.42. The molecule has 0 radical (unpaired) electrons. The zero-order valence-electron chi connectivity index (χ0n) is 26.3. The van der Waals surface area contributed by atoms with Crippen LogP contribution in [0.4, 0.5) is 16.6 Å². The number of aliphatic hydroxyl groups is 1. The molecule has 0 bridgehead atoms. The quantitative estimate of drug-likeness (QED) is 0.507. The van der Waals surface area contributed by atoms with Crippen LogP contribution in [0.2, 0.25) is 0 Å². The lowest BCUT2D eigenvalue weighted by molar-refractivity contribution is 0.0240. The number of fused-ring (bicyclic) bond motifs is 2. The second-order valence-electron chi connectivity index (χ2n) is 14.6. The molecule has 1 atom stereocenters. The minimum Gasteiger partial charge on any atom is -0.444 e. The van der Waals surface area contributed by atoms with Crippen molar-refractivity contribution in [1.82, 2.24) is 24.8 Å². The van der Waals surface area contributed by atoms with Gasteiger partial charge in [0.15, 0.2) is 0 Å². The van der Waals surface area contributed by atoms with E-state index in [-0.39, 0.29) is 29.6 Å². The first-order valence-corrected chi connectivity index (χ1v) is 16.9. The van der Waals surface area contributed by atoms with Crippen LogP contribution in [0.25, 0.3) is 0 Å². The molecule has 2 aromatic rings. The van der Waals surface area contributed by atoms with Crippen molar-refractivity contribution in [3.63, 3.8) is 0 Å². The van der Waals surface area contributed by atoms with Crippen molar-refractivity contribution in [3.8, 4) is 0 Å². The number of nitrogens with zero attached hydrogens (tertiary/aromatic N) is 6. The summed E-state index contributed by atoms with van der Waals surface area (Å²) in [6, 6.07) is 0. The molecule has 1 saturated carbocycles. The van der Waals surface area contributed by atoms with E-state index < -0.39 is 16.4 Å². The van der Waals surface area contributed by atoms with Crippen LogP contribution in [-0.2, 0) is 40.5 Å². The fraction of sp³-hybridized carbons (Fsp3) is 0.710. The van der Waals surface area contributed by atoms with E-state index in [0.29, 0.717) is 41.9 Å². The minimum absolute atomic E-state index is 0.0337. The van der Waals surface area contributed by atoms with Crippen LogP contribution < -0.4 is 10.2 Å². The third-order valence-electron chi connectivity index (χ3n) is 8.98. The first-order valence-electron chi connectivity index (χ1n) is 15.6. The highest BCUT2D eigenvalue weighted by Crippen LogP contribution is 2.40. The van der Waals surface area contributed by atoms with E-state index >= 15 is 0 Å². The number of piperidine rings is 1. The summed E-state index contributed by atoms with van der Waals surface area (Å²) in [7, 11) is -1.13. The Kier molecular flexibility index (Phi) is 7.68. The number of nitrogens with one attached hydrogen (secondary N) is 1. The zero-order chi connectivity index (χ0) is 30.7. The molecule has 2 N–H and O–H groups in total. The number of rotatable bonds is 5. The summed E-state index contributed by atoms with van der Waals surface area (Å²) in [4.78, 5) is 37.4. The lowest BCUT2D eigenvalue weighted by Crippen LogP contribution is -2.49. The van der Waals surface area contributed by atoms with Gasteiger partial charge < -0.3 is 20.1 Å². The number of aromatic nitrogens is 4. The van der Waals surface area contributed by atoms with Gasteiger partial charge in [0, 0.05) is 42.2 Å². The van der Waals surface area contributed by atoms with E-state index in [9.17, 15) is 14.1 Å². The molecule has 6 rings (SSSR count). The third-order valence-corrected chi connectivity index (χ3v) is 10.4. The average Bonchev–Trinajstić information content (AvgIpc) is 3.52. The molecule has 3 aliphatic heterocycles. The average molecular weight is 612 g/mol. The van der Waals surface area contributed by atoms with Crippen molar-refractivity contribution in [2.75, 3.05) is 35.7 Å². The van der Waals surface area contributed by atoms with Gasteiger partial charge in [0.2, 0.25) is 5.95 Å². The Hall–Kier alpha value is -2.86. The predicted octanol–water partition coefficient (Wildman–Crippen LogP) is 4.19. The summed E-state index contributed by atoms with van der Waals surface area (Å²) in [6.45, 7) is 14.6. The zero-order valence-corrected chi connectivity index (χ0v) is 27.1. The van der Waals surface area contributed by atoms with Gasteiger partial charge >= 0.3 is 6.09 Å². The van der Waals surface area contributed by atoms with Crippen molar-refractivity contribution in [2.45, 2.75) is 121 Å². The molecule has 5 heterocycles. The molecule has 1 amide bonds. The Morgan fingerprint density at radius 1 is 1.05 bits per heavy atom. The minimum atomic E-state index is -1.13. The van der Waals surface area contributed by atoms with Crippen molar-refractivity contribution < 1.29 is 18.8 Å². The molecular weight excluding hydrogens is 566 g/mol. The predicted molar refractivity (Wildman–Crippen MR) is 165 cm³/mol. The van der Waals surface area contributed by atoms with E-state index in [1.54, 1.807) is 4.90 Å². The van der Waals surface area contributed by atoms with Gasteiger partial charge in [0.25, 0.3) is 0 Å². The number of carbonyl (C=O) groups excluding carboxylic acids is 1. The van der Waals surface area contributed by atoms with Gasteiger partial charge in [-0.1, -0.05) is 20.8 Å². The van der Waals surface area contributed by atoms with E-state index in [2.05, 4.69) is 31.0 Å². The van der Waals surface area contributed by atoms with Crippen molar-refractivity contribution in [2.24, 2.45) is 0 Å². The van der Waals surface area contributed by atoms with Crippen LogP contribution in [0.5, 0.6) is 0 Å². The molecule has 0 aromatic carbocycles. The molecule has 0 spiro atoms. The summed E-state index contributed by atoms with van der Waals surface area (Å²) in [6.07, 6.45) is 4.88. The van der Waals surface area contributed by atoms with Crippen molar-refractivity contribution >= 4 is 28.7 Å². The van der Waals surface area contributed by atoms with E-state index in [1.165, 1.54) is 0 Å². The van der Waals surface area contributed by atoms with Gasteiger partial charge in [-0.25, -0.2) is 19.7 Å². The van der Waals surface area contributed by atoms with Crippen LogP contribution >= 0.6 is 0 Å². The maximum atomic E-state index is 12.9. The molecule has 1 aliphatic carbocycles. The van der Waals surface area contributed by atoms with E-state index in [4.69, 9.17) is 24.7 Å². The SMILES string of the molecule is CC(C)(C)OC(=O)N1Cc2nc(C3CCN(c4nc5c(c(NC6(CO)CCC6)n4)[S@](=O)CC5)CC3)nc(C(C)(C)C)c2C1. The van der Waals surface area contributed by atoms with Crippen molar-refractivity contribution in [1.29, 1.82) is 0 Å². The van der Waals surface area contributed by atoms with Gasteiger partial charge in [-0.05, 0) is 52.9 Å². The highest BCUT2D eigenvalue weighted by Gasteiger charge is 2.40. The summed E-state index contributed by atoms with van der Waals surface area (Å²) in [5.74, 6) is 2.87. The molecule has 2 fully saturated rings. The number of aryl methyl sites for hydroxylation is 1. The van der Waals surface area contributed by atoms with Gasteiger partial charge in [0.05, 0.1) is 53.1 Å². The number of anilines is 2. The first-order chi connectivity index (χ1) is 20.2. The molecule has 1 saturated heterocycles. The number of aliphatic hydroxyl groups excluding tert-OH is 1. The summed E-state index contributed by atoms with van der Waals surface area (Å²) >= 11 is 0. The fourth-order valence-electron chi connectivity index (χ4n) is 6.46. The Morgan fingerprint density at radius 2 is 1.77 bits per heavy atom. The normalized spacial score (nSPS) is 21.8. The highest BCUT2D eigenvalue weighted by atomic mass is 32.2.